The van der Waals surface area contributed by atoms with Crippen LogP contribution in [0.4, 0.5) is 5.69 Å². The van der Waals surface area contributed by atoms with Gasteiger partial charge in [-0.25, -0.2) is 0 Å². The van der Waals surface area contributed by atoms with Gasteiger partial charge in [-0.1, -0.05) is 18.6 Å². The molecule has 2 rings (SSSR count). The zero-order valence-electron chi connectivity index (χ0n) is 11.7. The first-order valence-electron chi connectivity index (χ1n) is 6.77. The topological polar surface area (TPSA) is 28.2 Å². The summed E-state index contributed by atoms with van der Waals surface area (Å²) in [5.41, 5.74) is 5.20. The molecule has 3 nitrogen and oxygen atoms in total. The summed E-state index contributed by atoms with van der Waals surface area (Å²) in [6.07, 6.45) is 5.50. The lowest BCUT2D eigenvalue weighted by Crippen LogP contribution is -2.30. The first-order chi connectivity index (χ1) is 8.70. The van der Waals surface area contributed by atoms with Gasteiger partial charge in [0.1, 0.15) is 0 Å². The predicted octanol–water partition coefficient (Wildman–Crippen LogP) is 2.66. The summed E-state index contributed by atoms with van der Waals surface area (Å²) < 4.78 is 0. The highest BCUT2D eigenvalue weighted by Gasteiger charge is 2.14. The Balaban J connectivity index is 2.24. The summed E-state index contributed by atoms with van der Waals surface area (Å²) in [5, 5.41) is 3.39. The van der Waals surface area contributed by atoms with E-state index in [1.807, 2.05) is 6.20 Å². The minimum absolute atomic E-state index is 0.901. The van der Waals surface area contributed by atoms with Crippen molar-refractivity contribution in [1.82, 2.24) is 10.3 Å². The second-order valence-corrected chi connectivity index (χ2v) is 5.00. The molecule has 1 aliphatic heterocycles. The predicted molar refractivity (Wildman–Crippen MR) is 76.9 cm³/mol. The number of rotatable bonds is 4. The van der Waals surface area contributed by atoms with E-state index >= 15 is 0 Å². The Bertz CT molecular complexity index is 437. The summed E-state index contributed by atoms with van der Waals surface area (Å²) in [6, 6.07) is 2.21. The average Bonchev–Trinajstić information content (AvgIpc) is 2.37. The molecule has 0 atom stereocenters. The highest BCUT2D eigenvalue weighted by Crippen LogP contribution is 2.24. The summed E-state index contributed by atoms with van der Waals surface area (Å²) in [7, 11) is 0. The number of nitrogens with zero attached hydrogens (tertiary/aromatic N) is 2. The van der Waals surface area contributed by atoms with Gasteiger partial charge in [-0.2, -0.15) is 0 Å². The van der Waals surface area contributed by atoms with Crippen molar-refractivity contribution in [2.75, 3.05) is 24.5 Å². The van der Waals surface area contributed by atoms with Gasteiger partial charge in [0.05, 0.1) is 0 Å². The van der Waals surface area contributed by atoms with Crippen molar-refractivity contribution in [1.29, 1.82) is 0 Å². The Hall–Kier alpha value is -1.35. The second kappa shape index (κ2) is 6.01. The van der Waals surface area contributed by atoms with Crippen LogP contribution in [0.5, 0.6) is 0 Å². The van der Waals surface area contributed by atoms with Gasteiger partial charge in [0.15, 0.2) is 0 Å². The Morgan fingerprint density at radius 2 is 2.22 bits per heavy atom. The maximum Gasteiger partial charge on any atom is 0.0448 e. The van der Waals surface area contributed by atoms with Crippen LogP contribution in [0.3, 0.4) is 0 Å². The number of aromatic nitrogens is 1. The largest absolute Gasteiger partial charge is 0.367 e. The third-order valence-electron chi connectivity index (χ3n) is 3.34. The number of aryl methyl sites for hydroxylation is 1. The summed E-state index contributed by atoms with van der Waals surface area (Å²) in [6.45, 7) is 10.5. The molecule has 1 N–H and O–H groups in total. The summed E-state index contributed by atoms with van der Waals surface area (Å²) in [5.74, 6) is 0. The molecule has 0 amide bonds. The Morgan fingerprint density at radius 3 is 2.94 bits per heavy atom. The number of nitrogens with one attached hydrogen (secondary N) is 1. The fourth-order valence-corrected chi connectivity index (χ4v) is 2.38. The van der Waals surface area contributed by atoms with Crippen molar-refractivity contribution in [3.63, 3.8) is 0 Å². The standard InChI is InChI=1S/C15H23N3/c1-4-16-9-14-10-17-13(3)8-15(14)18-7-5-6-12(2)11-18/h6,8,10,16H,4-5,7,9,11H2,1-3H3. The van der Waals surface area contributed by atoms with Gasteiger partial charge in [0.25, 0.3) is 0 Å². The quantitative estimate of drug-likeness (QED) is 0.827. The summed E-state index contributed by atoms with van der Waals surface area (Å²) in [4.78, 5) is 6.89. The van der Waals surface area contributed by atoms with Crippen molar-refractivity contribution >= 4 is 5.69 Å². The van der Waals surface area contributed by atoms with E-state index in [-0.39, 0.29) is 0 Å². The van der Waals surface area contributed by atoms with Gasteiger partial charge in [0.2, 0.25) is 0 Å². The zero-order valence-corrected chi connectivity index (χ0v) is 11.7. The lowest BCUT2D eigenvalue weighted by molar-refractivity contribution is 0.713. The van der Waals surface area contributed by atoms with Crippen LogP contribution in [0.1, 0.15) is 31.5 Å². The molecule has 3 heteroatoms. The molecule has 0 bridgehead atoms. The molecule has 1 aromatic rings. The van der Waals surface area contributed by atoms with Crippen LogP contribution in [0.15, 0.2) is 23.9 Å². The monoisotopic (exact) mass is 245 g/mol. The smallest absolute Gasteiger partial charge is 0.0448 e. The van der Waals surface area contributed by atoms with E-state index in [1.165, 1.54) is 16.8 Å². The van der Waals surface area contributed by atoms with E-state index in [4.69, 9.17) is 0 Å². The molecule has 18 heavy (non-hydrogen) atoms. The van der Waals surface area contributed by atoms with Crippen molar-refractivity contribution < 1.29 is 0 Å². The Labute approximate surface area is 110 Å². The molecule has 0 saturated carbocycles. The van der Waals surface area contributed by atoms with Crippen molar-refractivity contribution in [3.8, 4) is 0 Å². The minimum atomic E-state index is 0.901. The molecule has 0 unspecified atom stereocenters. The van der Waals surface area contributed by atoms with Crippen molar-refractivity contribution in [2.45, 2.75) is 33.7 Å². The maximum absolute atomic E-state index is 4.43. The fourth-order valence-electron chi connectivity index (χ4n) is 2.38. The Morgan fingerprint density at radius 1 is 1.39 bits per heavy atom. The van der Waals surface area contributed by atoms with Gasteiger partial charge >= 0.3 is 0 Å². The molecule has 1 aromatic heterocycles. The molecular formula is C15H23N3. The normalized spacial score (nSPS) is 15.7. The van der Waals surface area contributed by atoms with Crippen LogP contribution in [0, 0.1) is 6.92 Å². The highest BCUT2D eigenvalue weighted by atomic mass is 15.1. The molecule has 1 aliphatic rings. The van der Waals surface area contributed by atoms with Crippen LogP contribution in [0.2, 0.25) is 0 Å². The van der Waals surface area contributed by atoms with E-state index in [2.05, 4.69) is 48.1 Å². The second-order valence-electron chi connectivity index (χ2n) is 5.00. The number of pyridine rings is 1. The fraction of sp³-hybridized carbons (Fsp3) is 0.533. The molecule has 2 heterocycles. The van der Waals surface area contributed by atoms with E-state index < -0.39 is 0 Å². The van der Waals surface area contributed by atoms with Gasteiger partial charge in [-0.15, -0.1) is 0 Å². The first kappa shape index (κ1) is 13.1. The zero-order chi connectivity index (χ0) is 13.0. The van der Waals surface area contributed by atoms with Crippen molar-refractivity contribution in [3.05, 3.63) is 35.2 Å². The van der Waals surface area contributed by atoms with Crippen LogP contribution >= 0.6 is 0 Å². The van der Waals surface area contributed by atoms with E-state index in [0.29, 0.717) is 0 Å². The lowest BCUT2D eigenvalue weighted by Gasteiger charge is -2.30. The molecule has 0 saturated heterocycles. The van der Waals surface area contributed by atoms with E-state index in [9.17, 15) is 0 Å². The summed E-state index contributed by atoms with van der Waals surface area (Å²) >= 11 is 0. The molecular weight excluding hydrogens is 222 g/mol. The van der Waals surface area contributed by atoms with Gasteiger partial charge < -0.3 is 10.2 Å². The Kier molecular flexibility index (Phi) is 4.37. The molecule has 0 spiro atoms. The third-order valence-corrected chi connectivity index (χ3v) is 3.34. The number of anilines is 1. The van der Waals surface area contributed by atoms with Crippen molar-refractivity contribution in [2.24, 2.45) is 0 Å². The number of hydrogen-bond donors (Lipinski definition) is 1. The van der Waals surface area contributed by atoms with Crippen LogP contribution in [-0.4, -0.2) is 24.6 Å². The highest BCUT2D eigenvalue weighted by molar-refractivity contribution is 5.55. The van der Waals surface area contributed by atoms with E-state index in [1.54, 1.807) is 0 Å². The molecule has 0 aromatic carbocycles. The van der Waals surface area contributed by atoms with Gasteiger partial charge in [-0.05, 0) is 32.9 Å². The number of hydrogen-bond acceptors (Lipinski definition) is 3. The minimum Gasteiger partial charge on any atom is -0.367 e. The molecule has 0 fully saturated rings. The molecule has 98 valence electrons. The SMILES string of the molecule is CCNCc1cnc(C)cc1N1CCC=C(C)C1. The lowest BCUT2D eigenvalue weighted by atomic mass is 10.1. The third kappa shape index (κ3) is 3.10. The van der Waals surface area contributed by atoms with Gasteiger partial charge in [0, 0.05) is 42.8 Å². The van der Waals surface area contributed by atoms with Crippen LogP contribution < -0.4 is 10.2 Å². The van der Waals surface area contributed by atoms with Gasteiger partial charge in [-0.3, -0.25) is 4.98 Å². The average molecular weight is 245 g/mol. The molecule has 0 aliphatic carbocycles. The van der Waals surface area contributed by atoms with Crippen LogP contribution in [-0.2, 0) is 6.54 Å². The molecule has 0 radical (unpaired) electrons. The van der Waals surface area contributed by atoms with E-state index in [0.717, 1.165) is 38.3 Å². The van der Waals surface area contributed by atoms with Crippen LogP contribution in [0.25, 0.3) is 0 Å². The first-order valence-corrected chi connectivity index (χ1v) is 6.77. The maximum atomic E-state index is 4.43.